The molecule has 1 amide bonds. The molecule has 0 aliphatic rings. The first-order chi connectivity index (χ1) is 14.9. The SMILES string of the molecule is CCCCCCN(Cc1cc(OC)c(O)c(OC)c1)C(=O)CCc1ccc(O)c(O)c1. The number of ether oxygens (including phenoxy) is 2. The lowest BCUT2D eigenvalue weighted by atomic mass is 10.1. The maximum atomic E-state index is 13.0. The number of rotatable bonds is 12. The number of aryl methyl sites for hydroxylation is 1. The number of benzene rings is 2. The van der Waals surface area contributed by atoms with Crippen LogP contribution in [0.25, 0.3) is 0 Å². The number of hydrogen-bond acceptors (Lipinski definition) is 6. The summed E-state index contributed by atoms with van der Waals surface area (Å²) in [6.45, 7) is 3.15. The van der Waals surface area contributed by atoms with Crippen molar-refractivity contribution in [3.05, 3.63) is 41.5 Å². The Kier molecular flexibility index (Phi) is 9.31. The number of methoxy groups -OCH3 is 2. The van der Waals surface area contributed by atoms with Gasteiger partial charge in [0.1, 0.15) is 0 Å². The number of unbranched alkanes of at least 4 members (excludes halogenated alkanes) is 3. The topological polar surface area (TPSA) is 99.5 Å². The van der Waals surface area contributed by atoms with E-state index in [1.165, 1.54) is 26.4 Å². The molecular weight excluding hydrogens is 398 g/mol. The van der Waals surface area contributed by atoms with Gasteiger partial charge in [0, 0.05) is 19.5 Å². The van der Waals surface area contributed by atoms with Crippen LogP contribution in [0.2, 0.25) is 0 Å². The molecule has 0 saturated heterocycles. The van der Waals surface area contributed by atoms with Gasteiger partial charge in [0.2, 0.25) is 11.7 Å². The van der Waals surface area contributed by atoms with Gasteiger partial charge in [-0.15, -0.1) is 0 Å². The molecule has 170 valence electrons. The normalized spacial score (nSPS) is 10.7. The van der Waals surface area contributed by atoms with E-state index in [-0.39, 0.29) is 29.6 Å². The Morgan fingerprint density at radius 3 is 2.16 bits per heavy atom. The Bertz CT molecular complexity index is 842. The second-order valence-corrected chi connectivity index (χ2v) is 7.55. The molecule has 31 heavy (non-hydrogen) atoms. The lowest BCUT2D eigenvalue weighted by molar-refractivity contribution is -0.131. The van der Waals surface area contributed by atoms with Crippen LogP contribution in [0.15, 0.2) is 30.3 Å². The fraction of sp³-hybridized carbons (Fsp3) is 0.458. The maximum Gasteiger partial charge on any atom is 0.223 e. The fourth-order valence-electron chi connectivity index (χ4n) is 3.41. The number of aromatic hydroxyl groups is 3. The number of carbonyl (C=O) groups is 1. The number of phenolic OH excluding ortho intramolecular Hbond substituents is 3. The molecular formula is C24H33NO6. The average molecular weight is 432 g/mol. The second-order valence-electron chi connectivity index (χ2n) is 7.55. The van der Waals surface area contributed by atoms with Gasteiger partial charge in [0.05, 0.1) is 14.2 Å². The second kappa shape index (κ2) is 11.9. The van der Waals surface area contributed by atoms with Crippen LogP contribution in [0, 0.1) is 0 Å². The molecule has 0 fully saturated rings. The van der Waals surface area contributed by atoms with E-state index >= 15 is 0 Å². The van der Waals surface area contributed by atoms with Gasteiger partial charge in [-0.1, -0.05) is 32.3 Å². The molecule has 0 heterocycles. The highest BCUT2D eigenvalue weighted by Gasteiger charge is 2.17. The quantitative estimate of drug-likeness (QED) is 0.341. The summed E-state index contributed by atoms with van der Waals surface area (Å²) in [4.78, 5) is 14.8. The Labute approximate surface area is 183 Å². The minimum absolute atomic E-state index is 0.00456. The highest BCUT2D eigenvalue weighted by atomic mass is 16.5. The van der Waals surface area contributed by atoms with Gasteiger partial charge in [-0.05, 0) is 48.2 Å². The first kappa shape index (κ1) is 24.2. The number of carbonyl (C=O) groups excluding carboxylic acids is 1. The van der Waals surface area contributed by atoms with Gasteiger partial charge in [0.25, 0.3) is 0 Å². The summed E-state index contributed by atoms with van der Waals surface area (Å²) in [6.07, 6.45) is 4.94. The Morgan fingerprint density at radius 2 is 1.58 bits per heavy atom. The molecule has 0 aliphatic carbocycles. The summed E-state index contributed by atoms with van der Waals surface area (Å²) in [6, 6.07) is 8.02. The van der Waals surface area contributed by atoms with Crippen molar-refractivity contribution in [1.29, 1.82) is 0 Å². The summed E-state index contributed by atoms with van der Waals surface area (Å²) < 4.78 is 10.5. The van der Waals surface area contributed by atoms with Crippen molar-refractivity contribution in [2.75, 3.05) is 20.8 Å². The molecule has 0 radical (unpaired) electrons. The van der Waals surface area contributed by atoms with Crippen LogP contribution in [0.1, 0.15) is 50.2 Å². The fourth-order valence-corrected chi connectivity index (χ4v) is 3.41. The highest BCUT2D eigenvalue weighted by Crippen LogP contribution is 2.37. The van der Waals surface area contributed by atoms with Gasteiger partial charge in [-0.25, -0.2) is 0 Å². The average Bonchev–Trinajstić information content (AvgIpc) is 2.77. The number of amides is 1. The number of phenols is 3. The standard InChI is InChI=1S/C24H33NO6/c1-4-5-6-7-12-25(16-18-14-21(30-2)24(29)22(15-18)31-3)23(28)11-9-17-8-10-19(26)20(27)13-17/h8,10,13-15,26-27,29H,4-7,9,11-12,16H2,1-3H3. The zero-order valence-corrected chi connectivity index (χ0v) is 18.6. The predicted octanol–water partition coefficient (Wildman–Crippen LogP) is 4.36. The van der Waals surface area contributed by atoms with Crippen molar-refractivity contribution < 1.29 is 29.6 Å². The molecule has 2 rings (SSSR count). The van der Waals surface area contributed by atoms with Crippen LogP contribution in [0.5, 0.6) is 28.7 Å². The van der Waals surface area contributed by atoms with Crippen molar-refractivity contribution in [3.63, 3.8) is 0 Å². The van der Waals surface area contributed by atoms with E-state index in [2.05, 4.69) is 6.92 Å². The highest BCUT2D eigenvalue weighted by molar-refractivity contribution is 5.76. The zero-order chi connectivity index (χ0) is 22.8. The third kappa shape index (κ3) is 6.98. The van der Waals surface area contributed by atoms with Crippen LogP contribution in [0.3, 0.4) is 0 Å². The molecule has 3 N–H and O–H groups in total. The monoisotopic (exact) mass is 431 g/mol. The minimum atomic E-state index is -0.190. The Balaban J connectivity index is 2.13. The Hall–Kier alpha value is -3.09. The van der Waals surface area contributed by atoms with Crippen molar-refractivity contribution in [3.8, 4) is 28.7 Å². The van der Waals surface area contributed by atoms with Gasteiger partial charge < -0.3 is 29.7 Å². The third-order valence-electron chi connectivity index (χ3n) is 5.21. The molecule has 0 bridgehead atoms. The van der Waals surface area contributed by atoms with E-state index in [0.29, 0.717) is 31.0 Å². The summed E-state index contributed by atoms with van der Waals surface area (Å²) >= 11 is 0. The van der Waals surface area contributed by atoms with Crippen LogP contribution in [0.4, 0.5) is 0 Å². The number of nitrogens with zero attached hydrogens (tertiary/aromatic N) is 1. The smallest absolute Gasteiger partial charge is 0.223 e. The first-order valence-electron chi connectivity index (χ1n) is 10.6. The van der Waals surface area contributed by atoms with Crippen LogP contribution in [-0.4, -0.2) is 46.9 Å². The van der Waals surface area contributed by atoms with E-state index in [9.17, 15) is 20.1 Å². The van der Waals surface area contributed by atoms with Crippen LogP contribution < -0.4 is 9.47 Å². The van der Waals surface area contributed by atoms with Crippen molar-refractivity contribution in [1.82, 2.24) is 4.90 Å². The third-order valence-corrected chi connectivity index (χ3v) is 5.21. The molecule has 0 aromatic heterocycles. The first-order valence-corrected chi connectivity index (χ1v) is 10.6. The summed E-state index contributed by atoms with van der Waals surface area (Å²) in [5.41, 5.74) is 1.58. The largest absolute Gasteiger partial charge is 0.504 e. The maximum absolute atomic E-state index is 13.0. The van der Waals surface area contributed by atoms with E-state index in [0.717, 1.165) is 36.8 Å². The summed E-state index contributed by atoms with van der Waals surface area (Å²) in [5.74, 6) is 0.156. The molecule has 0 atom stereocenters. The molecule has 0 aliphatic heterocycles. The number of hydrogen-bond donors (Lipinski definition) is 3. The van der Waals surface area contributed by atoms with E-state index in [1.54, 1.807) is 23.1 Å². The van der Waals surface area contributed by atoms with Gasteiger partial charge >= 0.3 is 0 Å². The van der Waals surface area contributed by atoms with E-state index in [1.807, 2.05) is 0 Å². The zero-order valence-electron chi connectivity index (χ0n) is 18.6. The molecule has 0 unspecified atom stereocenters. The lowest BCUT2D eigenvalue weighted by Gasteiger charge is -2.24. The molecule has 7 nitrogen and oxygen atoms in total. The molecule has 0 saturated carbocycles. The predicted molar refractivity (Wildman–Crippen MR) is 119 cm³/mol. The molecule has 0 spiro atoms. The van der Waals surface area contributed by atoms with Gasteiger partial charge in [0.15, 0.2) is 23.0 Å². The van der Waals surface area contributed by atoms with Crippen molar-refractivity contribution in [2.45, 2.75) is 52.0 Å². The lowest BCUT2D eigenvalue weighted by Crippen LogP contribution is -2.31. The van der Waals surface area contributed by atoms with Crippen molar-refractivity contribution >= 4 is 5.91 Å². The van der Waals surface area contributed by atoms with Gasteiger partial charge in [-0.2, -0.15) is 0 Å². The van der Waals surface area contributed by atoms with E-state index in [4.69, 9.17) is 9.47 Å². The van der Waals surface area contributed by atoms with Gasteiger partial charge in [-0.3, -0.25) is 4.79 Å². The van der Waals surface area contributed by atoms with E-state index < -0.39 is 0 Å². The van der Waals surface area contributed by atoms with Crippen LogP contribution in [-0.2, 0) is 17.8 Å². The summed E-state index contributed by atoms with van der Waals surface area (Å²) in [7, 11) is 2.94. The Morgan fingerprint density at radius 1 is 0.903 bits per heavy atom. The van der Waals surface area contributed by atoms with Crippen molar-refractivity contribution in [2.24, 2.45) is 0 Å². The molecule has 2 aromatic rings. The molecule has 2 aromatic carbocycles. The summed E-state index contributed by atoms with van der Waals surface area (Å²) in [5, 5.41) is 29.3. The minimum Gasteiger partial charge on any atom is -0.504 e. The molecule has 7 heteroatoms. The van der Waals surface area contributed by atoms with Crippen LogP contribution >= 0.6 is 0 Å².